The lowest BCUT2D eigenvalue weighted by atomic mass is 10.2. The van der Waals surface area contributed by atoms with E-state index in [0.717, 1.165) is 0 Å². The number of hydrazone groups is 1. The van der Waals surface area contributed by atoms with Crippen molar-refractivity contribution in [2.45, 2.75) is 6.92 Å². The smallest absolute Gasteiger partial charge is 0.274 e. The molecule has 0 aliphatic carbocycles. The van der Waals surface area contributed by atoms with Crippen LogP contribution in [0.3, 0.4) is 0 Å². The average molecular weight is 274 g/mol. The molecular weight excluding hydrogens is 260 g/mol. The first kappa shape index (κ1) is 13.7. The van der Waals surface area contributed by atoms with Crippen molar-refractivity contribution >= 4 is 12.1 Å². The number of phenolic OH excluding ortho intramolecular Hbond substituents is 1. The van der Waals surface area contributed by atoms with Crippen LogP contribution in [0.1, 0.15) is 21.7 Å². The van der Waals surface area contributed by atoms with Crippen LogP contribution in [0.5, 0.6) is 11.5 Å². The fourth-order valence-electron chi connectivity index (χ4n) is 1.62. The molecule has 0 bridgehead atoms. The minimum Gasteiger partial charge on any atom is -0.504 e. The zero-order valence-electron chi connectivity index (χ0n) is 11.1. The lowest BCUT2D eigenvalue weighted by Crippen LogP contribution is -2.17. The van der Waals surface area contributed by atoms with E-state index in [-0.39, 0.29) is 11.7 Å². The van der Waals surface area contributed by atoms with Gasteiger partial charge in [-0.25, -0.2) is 5.43 Å². The van der Waals surface area contributed by atoms with Crippen molar-refractivity contribution < 1.29 is 19.1 Å². The molecule has 1 aromatic heterocycles. The number of benzene rings is 1. The number of hydrogen-bond acceptors (Lipinski definition) is 5. The van der Waals surface area contributed by atoms with Gasteiger partial charge in [0, 0.05) is 0 Å². The molecule has 0 aliphatic rings. The average Bonchev–Trinajstić information content (AvgIpc) is 2.87. The monoisotopic (exact) mass is 274 g/mol. The van der Waals surface area contributed by atoms with E-state index >= 15 is 0 Å². The summed E-state index contributed by atoms with van der Waals surface area (Å²) in [5.74, 6) is 0.566. The van der Waals surface area contributed by atoms with Gasteiger partial charge in [0.1, 0.15) is 5.76 Å². The second-order valence-corrected chi connectivity index (χ2v) is 4.02. The minimum atomic E-state index is -0.349. The Morgan fingerprint density at radius 2 is 2.25 bits per heavy atom. The van der Waals surface area contributed by atoms with Crippen molar-refractivity contribution in [2.24, 2.45) is 5.10 Å². The summed E-state index contributed by atoms with van der Waals surface area (Å²) in [6, 6.07) is 6.32. The Balaban J connectivity index is 2.04. The quantitative estimate of drug-likeness (QED) is 0.660. The molecule has 6 heteroatoms. The molecule has 20 heavy (non-hydrogen) atoms. The molecule has 0 unspecified atom stereocenters. The summed E-state index contributed by atoms with van der Waals surface area (Å²) in [5, 5.41) is 13.3. The Bertz CT molecular complexity index is 646. The van der Waals surface area contributed by atoms with Crippen LogP contribution in [0.15, 0.2) is 40.0 Å². The van der Waals surface area contributed by atoms with Gasteiger partial charge in [-0.15, -0.1) is 0 Å². The first-order valence-electron chi connectivity index (χ1n) is 5.86. The fourth-order valence-corrected chi connectivity index (χ4v) is 1.62. The molecule has 0 atom stereocenters. The van der Waals surface area contributed by atoms with Gasteiger partial charge in [0.2, 0.25) is 0 Å². The van der Waals surface area contributed by atoms with Gasteiger partial charge in [-0.3, -0.25) is 4.79 Å². The highest BCUT2D eigenvalue weighted by molar-refractivity contribution is 5.95. The Morgan fingerprint density at radius 1 is 1.45 bits per heavy atom. The number of nitrogens with one attached hydrogen (secondary N) is 1. The van der Waals surface area contributed by atoms with E-state index in [0.29, 0.717) is 22.6 Å². The van der Waals surface area contributed by atoms with Gasteiger partial charge < -0.3 is 14.3 Å². The molecular formula is C14H14N2O4. The second kappa shape index (κ2) is 5.92. The zero-order chi connectivity index (χ0) is 14.5. The summed E-state index contributed by atoms with van der Waals surface area (Å²) in [7, 11) is 1.46. The molecule has 1 amide bonds. The van der Waals surface area contributed by atoms with E-state index in [9.17, 15) is 9.90 Å². The van der Waals surface area contributed by atoms with Crippen LogP contribution in [-0.4, -0.2) is 24.3 Å². The predicted molar refractivity (Wildman–Crippen MR) is 73.2 cm³/mol. The van der Waals surface area contributed by atoms with Crippen LogP contribution in [0, 0.1) is 6.92 Å². The number of ether oxygens (including phenoxy) is 1. The van der Waals surface area contributed by atoms with Crippen LogP contribution >= 0.6 is 0 Å². The molecule has 0 saturated carbocycles. The fraction of sp³-hybridized carbons (Fsp3) is 0.143. The number of aryl methyl sites for hydroxylation is 1. The summed E-state index contributed by atoms with van der Waals surface area (Å²) in [4.78, 5) is 11.7. The van der Waals surface area contributed by atoms with Crippen molar-refractivity contribution in [2.75, 3.05) is 7.11 Å². The van der Waals surface area contributed by atoms with E-state index in [1.807, 2.05) is 0 Å². The molecule has 0 spiro atoms. The van der Waals surface area contributed by atoms with E-state index in [2.05, 4.69) is 10.5 Å². The maximum Gasteiger partial charge on any atom is 0.274 e. The van der Waals surface area contributed by atoms with Gasteiger partial charge in [0.25, 0.3) is 5.91 Å². The number of aromatic hydroxyl groups is 1. The lowest BCUT2D eigenvalue weighted by Gasteiger charge is -2.03. The number of furan rings is 1. The summed E-state index contributed by atoms with van der Waals surface area (Å²) in [6.45, 7) is 1.70. The third-order valence-electron chi connectivity index (χ3n) is 2.69. The van der Waals surface area contributed by atoms with Gasteiger partial charge in [0.05, 0.1) is 25.2 Å². The first-order chi connectivity index (χ1) is 9.61. The number of nitrogens with zero attached hydrogens (tertiary/aromatic N) is 1. The van der Waals surface area contributed by atoms with Crippen molar-refractivity contribution in [3.63, 3.8) is 0 Å². The van der Waals surface area contributed by atoms with E-state index < -0.39 is 0 Å². The molecule has 0 saturated heterocycles. The Morgan fingerprint density at radius 3 is 2.90 bits per heavy atom. The molecule has 0 fully saturated rings. The molecule has 6 nitrogen and oxygen atoms in total. The van der Waals surface area contributed by atoms with Gasteiger partial charge in [-0.2, -0.15) is 5.10 Å². The highest BCUT2D eigenvalue weighted by Gasteiger charge is 2.09. The first-order valence-corrected chi connectivity index (χ1v) is 5.86. The third-order valence-corrected chi connectivity index (χ3v) is 2.69. The van der Waals surface area contributed by atoms with Gasteiger partial charge in [-0.1, -0.05) is 0 Å². The molecule has 0 radical (unpaired) electrons. The summed E-state index contributed by atoms with van der Waals surface area (Å²) in [5.41, 5.74) is 3.51. The van der Waals surface area contributed by atoms with Crippen molar-refractivity contribution in [1.82, 2.24) is 5.43 Å². The molecule has 104 valence electrons. The minimum absolute atomic E-state index is 0.0442. The largest absolute Gasteiger partial charge is 0.504 e. The highest BCUT2D eigenvalue weighted by Crippen LogP contribution is 2.25. The molecule has 2 rings (SSSR count). The standard InChI is InChI=1S/C14H14N2O4/c1-9-11(5-6-20-9)14(18)16-15-8-10-3-4-12(17)13(7-10)19-2/h3-8,17H,1-2H3,(H,16,18)/b15-8-. The third kappa shape index (κ3) is 2.97. The van der Waals surface area contributed by atoms with E-state index in [1.165, 1.54) is 25.7 Å². The number of carbonyl (C=O) groups is 1. The second-order valence-electron chi connectivity index (χ2n) is 4.02. The Hall–Kier alpha value is -2.76. The molecule has 2 N–H and O–H groups in total. The Labute approximate surface area is 115 Å². The number of methoxy groups -OCH3 is 1. The number of amides is 1. The maximum atomic E-state index is 11.7. The lowest BCUT2D eigenvalue weighted by molar-refractivity contribution is 0.0953. The number of phenols is 1. The van der Waals surface area contributed by atoms with Crippen LogP contribution in [0.25, 0.3) is 0 Å². The Kier molecular flexibility index (Phi) is 4.05. The van der Waals surface area contributed by atoms with Crippen molar-refractivity contribution in [3.05, 3.63) is 47.4 Å². The molecule has 1 heterocycles. The topological polar surface area (TPSA) is 84.1 Å². The number of hydrogen-bond donors (Lipinski definition) is 2. The normalized spacial score (nSPS) is 10.7. The van der Waals surface area contributed by atoms with Crippen molar-refractivity contribution in [1.29, 1.82) is 0 Å². The SMILES string of the molecule is COc1cc(/C=N\NC(=O)c2ccoc2C)ccc1O. The van der Waals surface area contributed by atoms with Gasteiger partial charge >= 0.3 is 0 Å². The molecule has 1 aromatic carbocycles. The maximum absolute atomic E-state index is 11.7. The highest BCUT2D eigenvalue weighted by atomic mass is 16.5. The summed E-state index contributed by atoms with van der Waals surface area (Å²) >= 11 is 0. The van der Waals surface area contributed by atoms with Crippen LogP contribution in [0.4, 0.5) is 0 Å². The van der Waals surface area contributed by atoms with Crippen LogP contribution in [-0.2, 0) is 0 Å². The zero-order valence-corrected chi connectivity index (χ0v) is 11.1. The molecule has 2 aromatic rings. The van der Waals surface area contributed by atoms with Gasteiger partial charge in [-0.05, 0) is 36.8 Å². The van der Waals surface area contributed by atoms with E-state index in [1.54, 1.807) is 25.1 Å². The van der Waals surface area contributed by atoms with Crippen molar-refractivity contribution in [3.8, 4) is 11.5 Å². The van der Waals surface area contributed by atoms with E-state index in [4.69, 9.17) is 9.15 Å². The summed E-state index contributed by atoms with van der Waals surface area (Å²) < 4.78 is 10.0. The van der Waals surface area contributed by atoms with Crippen LogP contribution < -0.4 is 10.2 Å². The summed E-state index contributed by atoms with van der Waals surface area (Å²) in [6.07, 6.45) is 2.90. The predicted octanol–water partition coefficient (Wildman–Crippen LogP) is 2.07. The van der Waals surface area contributed by atoms with Gasteiger partial charge in [0.15, 0.2) is 11.5 Å². The van der Waals surface area contributed by atoms with Crippen LogP contribution in [0.2, 0.25) is 0 Å². The molecule has 0 aliphatic heterocycles. The number of carbonyl (C=O) groups excluding carboxylic acids is 1. The number of rotatable bonds is 4.